The lowest BCUT2D eigenvalue weighted by Gasteiger charge is -2.09. The highest BCUT2D eigenvalue weighted by Gasteiger charge is 2.08. The summed E-state index contributed by atoms with van der Waals surface area (Å²) in [7, 11) is 0. The molecule has 0 saturated carbocycles. The van der Waals surface area contributed by atoms with E-state index in [-0.39, 0.29) is 13.2 Å². The molecule has 1 aromatic rings. The fraction of sp³-hybridized carbons (Fsp3) is 0.308. The molecule has 0 saturated heterocycles. The number of benzene rings is 1. The first-order valence-electron chi connectivity index (χ1n) is 6.02. The Bertz CT molecular complexity index is 547. The minimum Gasteiger partial charge on any atom is -0.484 e. The molecule has 3 N–H and O–H groups in total. The SMILES string of the molecule is Cc1cc(Cl)ccc1OCC(=O)NCC(=O)NCC(=O)O. The van der Waals surface area contributed by atoms with Crippen LogP contribution < -0.4 is 15.4 Å². The average Bonchev–Trinajstić information content (AvgIpc) is 2.41. The Kier molecular flexibility index (Phi) is 6.48. The normalized spacial score (nSPS) is 9.81. The maximum Gasteiger partial charge on any atom is 0.322 e. The van der Waals surface area contributed by atoms with Crippen molar-refractivity contribution in [1.82, 2.24) is 10.6 Å². The third-order valence-corrected chi connectivity index (χ3v) is 2.61. The first-order valence-corrected chi connectivity index (χ1v) is 6.40. The number of halogens is 1. The highest BCUT2D eigenvalue weighted by molar-refractivity contribution is 6.30. The van der Waals surface area contributed by atoms with Gasteiger partial charge in [-0.05, 0) is 30.7 Å². The van der Waals surface area contributed by atoms with E-state index < -0.39 is 24.3 Å². The quantitative estimate of drug-likeness (QED) is 0.673. The summed E-state index contributed by atoms with van der Waals surface area (Å²) in [5.41, 5.74) is 0.787. The lowest BCUT2D eigenvalue weighted by Crippen LogP contribution is -2.40. The number of hydrogen-bond donors (Lipinski definition) is 3. The van der Waals surface area contributed by atoms with Gasteiger partial charge in [-0.1, -0.05) is 11.6 Å². The molecule has 0 fully saturated rings. The van der Waals surface area contributed by atoms with Crippen LogP contribution >= 0.6 is 11.6 Å². The van der Waals surface area contributed by atoms with Crippen molar-refractivity contribution in [2.75, 3.05) is 19.7 Å². The number of ether oxygens (including phenoxy) is 1. The fourth-order valence-corrected chi connectivity index (χ4v) is 1.61. The molecule has 0 bridgehead atoms. The van der Waals surface area contributed by atoms with Crippen molar-refractivity contribution in [3.63, 3.8) is 0 Å². The van der Waals surface area contributed by atoms with E-state index >= 15 is 0 Å². The van der Waals surface area contributed by atoms with Gasteiger partial charge < -0.3 is 20.5 Å². The molecule has 0 heterocycles. The number of carbonyl (C=O) groups excluding carboxylic acids is 2. The van der Waals surface area contributed by atoms with Crippen LogP contribution in [0.4, 0.5) is 0 Å². The number of rotatable bonds is 7. The summed E-state index contributed by atoms with van der Waals surface area (Å²) in [5.74, 6) is -1.72. The molecule has 0 radical (unpaired) electrons. The van der Waals surface area contributed by atoms with Gasteiger partial charge in [-0.15, -0.1) is 0 Å². The van der Waals surface area contributed by atoms with E-state index in [1.165, 1.54) is 0 Å². The smallest absolute Gasteiger partial charge is 0.322 e. The van der Waals surface area contributed by atoms with Crippen molar-refractivity contribution in [2.24, 2.45) is 0 Å². The number of amides is 2. The summed E-state index contributed by atoms with van der Waals surface area (Å²) < 4.78 is 5.29. The van der Waals surface area contributed by atoms with Crippen LogP contribution in [0, 0.1) is 6.92 Å². The number of nitrogens with one attached hydrogen (secondary N) is 2. The van der Waals surface area contributed by atoms with Crippen molar-refractivity contribution in [1.29, 1.82) is 0 Å². The molecule has 0 aliphatic carbocycles. The van der Waals surface area contributed by atoms with Gasteiger partial charge in [0.2, 0.25) is 5.91 Å². The van der Waals surface area contributed by atoms with Crippen LogP contribution in [0.15, 0.2) is 18.2 Å². The van der Waals surface area contributed by atoms with Crippen LogP contribution in [-0.2, 0) is 14.4 Å². The molecule has 1 rings (SSSR count). The van der Waals surface area contributed by atoms with Gasteiger partial charge >= 0.3 is 5.97 Å². The van der Waals surface area contributed by atoms with Crippen molar-refractivity contribution >= 4 is 29.4 Å². The van der Waals surface area contributed by atoms with Gasteiger partial charge in [-0.2, -0.15) is 0 Å². The topological polar surface area (TPSA) is 105 Å². The molecule has 0 unspecified atom stereocenters. The summed E-state index contributed by atoms with van der Waals surface area (Å²) in [4.78, 5) is 32.9. The zero-order valence-electron chi connectivity index (χ0n) is 11.3. The molecule has 114 valence electrons. The Balaban J connectivity index is 2.31. The Morgan fingerprint density at radius 3 is 2.48 bits per heavy atom. The molecule has 0 aromatic heterocycles. The van der Waals surface area contributed by atoms with Gasteiger partial charge in [0.05, 0.1) is 6.54 Å². The molecule has 8 heteroatoms. The number of carbonyl (C=O) groups is 3. The van der Waals surface area contributed by atoms with Crippen molar-refractivity contribution in [3.05, 3.63) is 28.8 Å². The fourth-order valence-electron chi connectivity index (χ4n) is 1.38. The van der Waals surface area contributed by atoms with E-state index in [2.05, 4.69) is 10.6 Å². The highest BCUT2D eigenvalue weighted by atomic mass is 35.5. The number of aliphatic carboxylic acids is 1. The number of carboxylic acid groups (broad SMARTS) is 1. The molecular formula is C13H15ClN2O5. The molecule has 0 atom stereocenters. The summed E-state index contributed by atoms with van der Waals surface area (Å²) in [6, 6.07) is 4.99. The highest BCUT2D eigenvalue weighted by Crippen LogP contribution is 2.21. The lowest BCUT2D eigenvalue weighted by molar-refractivity contribution is -0.137. The minimum atomic E-state index is -1.16. The van der Waals surface area contributed by atoms with Gasteiger partial charge in [0, 0.05) is 5.02 Å². The van der Waals surface area contributed by atoms with Crippen molar-refractivity contribution in [2.45, 2.75) is 6.92 Å². The van der Waals surface area contributed by atoms with Gasteiger partial charge in [0.1, 0.15) is 12.3 Å². The maximum absolute atomic E-state index is 11.5. The third-order valence-electron chi connectivity index (χ3n) is 2.38. The van der Waals surface area contributed by atoms with E-state index in [1.807, 2.05) is 0 Å². The van der Waals surface area contributed by atoms with E-state index in [9.17, 15) is 14.4 Å². The number of hydrogen-bond acceptors (Lipinski definition) is 4. The number of carboxylic acids is 1. The molecular weight excluding hydrogens is 300 g/mol. The van der Waals surface area contributed by atoms with E-state index in [1.54, 1.807) is 25.1 Å². The van der Waals surface area contributed by atoms with Crippen LogP contribution in [0.1, 0.15) is 5.56 Å². The van der Waals surface area contributed by atoms with Crippen LogP contribution in [0.25, 0.3) is 0 Å². The average molecular weight is 315 g/mol. The van der Waals surface area contributed by atoms with E-state index in [0.717, 1.165) is 5.56 Å². The molecule has 0 aliphatic rings. The predicted octanol–water partition coefficient (Wildman–Crippen LogP) is 0.344. The lowest BCUT2D eigenvalue weighted by atomic mass is 10.2. The maximum atomic E-state index is 11.5. The second-order valence-corrected chi connectivity index (χ2v) is 4.58. The second-order valence-electron chi connectivity index (χ2n) is 4.15. The Morgan fingerprint density at radius 1 is 1.19 bits per heavy atom. The Labute approximate surface area is 126 Å². The van der Waals surface area contributed by atoms with Crippen molar-refractivity contribution in [3.8, 4) is 5.75 Å². The summed E-state index contributed by atoms with van der Waals surface area (Å²) in [6.07, 6.45) is 0. The van der Waals surface area contributed by atoms with E-state index in [0.29, 0.717) is 10.8 Å². The van der Waals surface area contributed by atoms with Crippen LogP contribution in [0.5, 0.6) is 5.75 Å². The monoisotopic (exact) mass is 314 g/mol. The van der Waals surface area contributed by atoms with Gasteiger partial charge in [-0.3, -0.25) is 14.4 Å². The van der Waals surface area contributed by atoms with Gasteiger partial charge in [0.25, 0.3) is 5.91 Å². The Hall–Kier alpha value is -2.28. The first kappa shape index (κ1) is 16.8. The first-order chi connectivity index (χ1) is 9.88. The summed E-state index contributed by atoms with van der Waals surface area (Å²) >= 11 is 5.80. The van der Waals surface area contributed by atoms with Crippen molar-refractivity contribution < 1.29 is 24.2 Å². The second kappa shape index (κ2) is 8.11. The molecule has 21 heavy (non-hydrogen) atoms. The van der Waals surface area contributed by atoms with Crippen LogP contribution in [0.3, 0.4) is 0 Å². The zero-order chi connectivity index (χ0) is 15.8. The standard InChI is InChI=1S/C13H15ClN2O5/c1-8-4-9(14)2-3-10(8)21-7-12(18)15-5-11(17)16-6-13(19)20/h2-4H,5-7H2,1H3,(H,15,18)(H,16,17)(H,19,20). The van der Waals surface area contributed by atoms with Crippen LogP contribution in [0.2, 0.25) is 5.02 Å². The summed E-state index contributed by atoms with van der Waals surface area (Å²) in [5, 5.41) is 13.4. The van der Waals surface area contributed by atoms with Gasteiger partial charge in [-0.25, -0.2) is 0 Å². The summed E-state index contributed by atoms with van der Waals surface area (Å²) in [6.45, 7) is 0.734. The molecule has 0 spiro atoms. The number of aryl methyl sites for hydroxylation is 1. The Morgan fingerprint density at radius 2 is 1.86 bits per heavy atom. The zero-order valence-corrected chi connectivity index (χ0v) is 12.1. The largest absolute Gasteiger partial charge is 0.484 e. The minimum absolute atomic E-state index is 0.255. The predicted molar refractivity (Wildman–Crippen MR) is 75.3 cm³/mol. The molecule has 1 aromatic carbocycles. The van der Waals surface area contributed by atoms with Crippen LogP contribution in [-0.4, -0.2) is 42.6 Å². The molecule has 0 aliphatic heterocycles. The van der Waals surface area contributed by atoms with E-state index in [4.69, 9.17) is 21.4 Å². The molecule has 2 amide bonds. The van der Waals surface area contributed by atoms with Gasteiger partial charge in [0.15, 0.2) is 6.61 Å². The third kappa shape index (κ3) is 6.62. The molecule has 7 nitrogen and oxygen atoms in total.